The Kier molecular flexibility index (Phi) is 3.56. The van der Waals surface area contributed by atoms with Crippen molar-refractivity contribution >= 4 is 5.91 Å². The Morgan fingerprint density at radius 1 is 1.30 bits per heavy atom. The standard InChI is InChI=1S/C14H19N3O3/c18-12-5-1-3-9(12)11-4-2-8-17(11)14(20)10-6-7-13(19)16-15-10/h6-7,9,11-12,18H,1-5,8H2,(H,16,19). The lowest BCUT2D eigenvalue weighted by atomic mass is 9.94. The van der Waals surface area contributed by atoms with E-state index in [0.717, 1.165) is 32.1 Å². The van der Waals surface area contributed by atoms with E-state index in [1.54, 1.807) is 0 Å². The number of hydrogen-bond acceptors (Lipinski definition) is 4. The molecule has 3 atom stereocenters. The summed E-state index contributed by atoms with van der Waals surface area (Å²) in [6, 6.07) is 2.88. The van der Waals surface area contributed by atoms with Gasteiger partial charge in [0.1, 0.15) is 5.69 Å². The molecule has 20 heavy (non-hydrogen) atoms. The average Bonchev–Trinajstić information content (AvgIpc) is 3.07. The Labute approximate surface area is 116 Å². The second kappa shape index (κ2) is 5.36. The number of aliphatic hydroxyl groups is 1. The van der Waals surface area contributed by atoms with Gasteiger partial charge >= 0.3 is 0 Å². The molecule has 1 aliphatic carbocycles. The third-order valence-corrected chi connectivity index (χ3v) is 4.48. The molecule has 3 rings (SSSR count). The highest BCUT2D eigenvalue weighted by molar-refractivity contribution is 5.92. The molecule has 2 heterocycles. The van der Waals surface area contributed by atoms with Gasteiger partial charge in [0.05, 0.1) is 6.10 Å². The second-order valence-electron chi connectivity index (χ2n) is 5.68. The van der Waals surface area contributed by atoms with Gasteiger partial charge in [-0.15, -0.1) is 0 Å². The first kappa shape index (κ1) is 13.3. The Balaban J connectivity index is 1.79. The molecule has 1 saturated heterocycles. The van der Waals surface area contributed by atoms with Crippen LogP contribution < -0.4 is 5.56 Å². The number of aliphatic hydroxyl groups excluding tert-OH is 1. The van der Waals surface area contributed by atoms with Crippen LogP contribution in [0.25, 0.3) is 0 Å². The first-order valence-corrected chi connectivity index (χ1v) is 7.21. The number of rotatable bonds is 2. The molecule has 1 aliphatic heterocycles. The van der Waals surface area contributed by atoms with Crippen LogP contribution in [-0.4, -0.2) is 44.8 Å². The lowest BCUT2D eigenvalue weighted by molar-refractivity contribution is 0.0522. The first-order chi connectivity index (χ1) is 9.66. The molecule has 1 amide bonds. The molecule has 0 bridgehead atoms. The van der Waals surface area contributed by atoms with Gasteiger partial charge in [0.15, 0.2) is 0 Å². The van der Waals surface area contributed by atoms with Gasteiger partial charge in [-0.1, -0.05) is 6.42 Å². The second-order valence-corrected chi connectivity index (χ2v) is 5.68. The van der Waals surface area contributed by atoms with Crippen molar-refractivity contribution in [2.24, 2.45) is 5.92 Å². The van der Waals surface area contributed by atoms with Gasteiger partial charge in [0, 0.05) is 24.6 Å². The van der Waals surface area contributed by atoms with Crippen molar-refractivity contribution < 1.29 is 9.90 Å². The number of nitrogens with zero attached hydrogens (tertiary/aromatic N) is 2. The van der Waals surface area contributed by atoms with Crippen LogP contribution in [0.15, 0.2) is 16.9 Å². The van der Waals surface area contributed by atoms with E-state index >= 15 is 0 Å². The van der Waals surface area contributed by atoms with Crippen LogP contribution >= 0.6 is 0 Å². The van der Waals surface area contributed by atoms with Crippen molar-refractivity contribution in [3.8, 4) is 0 Å². The Morgan fingerprint density at radius 2 is 2.15 bits per heavy atom. The zero-order valence-corrected chi connectivity index (χ0v) is 11.3. The van der Waals surface area contributed by atoms with Gasteiger partial charge in [0.2, 0.25) is 0 Å². The maximum absolute atomic E-state index is 12.5. The number of hydrogen-bond donors (Lipinski definition) is 2. The lowest BCUT2D eigenvalue weighted by Gasteiger charge is -2.30. The molecule has 108 valence electrons. The van der Waals surface area contributed by atoms with Crippen LogP contribution in [0.5, 0.6) is 0 Å². The SMILES string of the molecule is O=C(c1ccc(=O)[nH]n1)N1CCCC1C1CCCC1O. The van der Waals surface area contributed by atoms with Gasteiger partial charge in [-0.05, 0) is 31.7 Å². The van der Waals surface area contributed by atoms with Crippen LogP contribution in [0, 0.1) is 5.92 Å². The monoisotopic (exact) mass is 277 g/mol. The zero-order chi connectivity index (χ0) is 14.1. The number of carbonyl (C=O) groups excluding carboxylic acids is 1. The third kappa shape index (κ3) is 2.35. The summed E-state index contributed by atoms with van der Waals surface area (Å²) in [5.74, 6) is 0.0343. The molecule has 1 aromatic heterocycles. The Morgan fingerprint density at radius 3 is 2.80 bits per heavy atom. The fourth-order valence-corrected chi connectivity index (χ4v) is 3.52. The summed E-state index contributed by atoms with van der Waals surface area (Å²) in [5, 5.41) is 16.2. The fourth-order valence-electron chi connectivity index (χ4n) is 3.52. The molecule has 0 aromatic carbocycles. The van der Waals surface area contributed by atoms with Gasteiger partial charge < -0.3 is 10.0 Å². The van der Waals surface area contributed by atoms with Crippen molar-refractivity contribution in [3.63, 3.8) is 0 Å². The number of aromatic amines is 1. The molecule has 0 spiro atoms. The third-order valence-electron chi connectivity index (χ3n) is 4.48. The van der Waals surface area contributed by atoms with Crippen molar-refractivity contribution in [3.05, 3.63) is 28.2 Å². The van der Waals surface area contributed by atoms with E-state index in [-0.39, 0.29) is 35.2 Å². The first-order valence-electron chi connectivity index (χ1n) is 7.21. The number of amides is 1. The smallest absolute Gasteiger partial charge is 0.274 e. The van der Waals surface area contributed by atoms with Crippen molar-refractivity contribution in [1.29, 1.82) is 0 Å². The molecule has 2 N–H and O–H groups in total. The number of aromatic nitrogens is 2. The molecule has 1 aromatic rings. The number of H-pyrrole nitrogens is 1. The topological polar surface area (TPSA) is 86.3 Å². The minimum absolute atomic E-state index is 0.105. The minimum Gasteiger partial charge on any atom is -0.393 e. The van der Waals surface area contributed by atoms with Gasteiger partial charge in [0.25, 0.3) is 11.5 Å². The predicted octanol–water partition coefficient (Wildman–Crippen LogP) is 0.535. The molecule has 3 unspecified atom stereocenters. The Bertz CT molecular complexity index is 536. The molecule has 2 fully saturated rings. The number of nitrogens with one attached hydrogen (secondary N) is 1. The minimum atomic E-state index is -0.314. The van der Waals surface area contributed by atoms with Crippen LogP contribution in [0.4, 0.5) is 0 Å². The van der Waals surface area contributed by atoms with Crippen molar-refractivity contribution in [2.45, 2.75) is 44.2 Å². The number of likely N-dealkylation sites (tertiary alicyclic amines) is 1. The van der Waals surface area contributed by atoms with E-state index in [2.05, 4.69) is 10.2 Å². The van der Waals surface area contributed by atoms with Crippen LogP contribution in [0.2, 0.25) is 0 Å². The maximum Gasteiger partial charge on any atom is 0.274 e. The van der Waals surface area contributed by atoms with E-state index in [1.807, 2.05) is 4.90 Å². The van der Waals surface area contributed by atoms with Crippen LogP contribution in [0.3, 0.4) is 0 Å². The molecule has 1 saturated carbocycles. The van der Waals surface area contributed by atoms with E-state index in [0.29, 0.717) is 6.54 Å². The highest BCUT2D eigenvalue weighted by Crippen LogP contribution is 2.36. The van der Waals surface area contributed by atoms with Crippen LogP contribution in [-0.2, 0) is 0 Å². The summed E-state index contributed by atoms with van der Waals surface area (Å²) >= 11 is 0. The van der Waals surface area contributed by atoms with Gasteiger partial charge in [-0.3, -0.25) is 9.59 Å². The molecule has 2 aliphatic rings. The molecule has 0 radical (unpaired) electrons. The zero-order valence-electron chi connectivity index (χ0n) is 11.3. The molecule has 6 heteroatoms. The van der Waals surface area contributed by atoms with Gasteiger partial charge in [-0.2, -0.15) is 5.10 Å². The van der Waals surface area contributed by atoms with Crippen LogP contribution in [0.1, 0.15) is 42.6 Å². The van der Waals surface area contributed by atoms with Crippen molar-refractivity contribution in [1.82, 2.24) is 15.1 Å². The molecular weight excluding hydrogens is 258 g/mol. The molecular formula is C14H19N3O3. The fraction of sp³-hybridized carbons (Fsp3) is 0.643. The highest BCUT2D eigenvalue weighted by atomic mass is 16.3. The normalized spacial score (nSPS) is 29.9. The average molecular weight is 277 g/mol. The van der Waals surface area contributed by atoms with E-state index in [4.69, 9.17) is 0 Å². The van der Waals surface area contributed by atoms with E-state index < -0.39 is 0 Å². The largest absolute Gasteiger partial charge is 0.393 e. The molecule has 6 nitrogen and oxygen atoms in total. The Hall–Kier alpha value is -1.69. The lowest BCUT2D eigenvalue weighted by Crippen LogP contribution is -2.43. The summed E-state index contributed by atoms with van der Waals surface area (Å²) in [7, 11) is 0. The summed E-state index contributed by atoms with van der Waals surface area (Å²) in [6.45, 7) is 0.702. The number of carbonyl (C=O) groups is 1. The van der Waals surface area contributed by atoms with Crippen molar-refractivity contribution in [2.75, 3.05) is 6.54 Å². The highest BCUT2D eigenvalue weighted by Gasteiger charge is 2.40. The quantitative estimate of drug-likeness (QED) is 0.826. The van der Waals surface area contributed by atoms with E-state index in [1.165, 1.54) is 12.1 Å². The summed E-state index contributed by atoms with van der Waals surface area (Å²) in [4.78, 5) is 25.3. The summed E-state index contributed by atoms with van der Waals surface area (Å²) in [6.07, 6.45) is 4.45. The summed E-state index contributed by atoms with van der Waals surface area (Å²) in [5.41, 5.74) is -0.0466. The summed E-state index contributed by atoms with van der Waals surface area (Å²) < 4.78 is 0. The predicted molar refractivity (Wildman–Crippen MR) is 72.3 cm³/mol. The van der Waals surface area contributed by atoms with E-state index in [9.17, 15) is 14.7 Å². The van der Waals surface area contributed by atoms with Gasteiger partial charge in [-0.25, -0.2) is 5.10 Å². The maximum atomic E-state index is 12.5.